The number of carbonyl (C=O) groups excluding carboxylic acids is 1. The number of aromatic nitrogens is 4. The van der Waals surface area contributed by atoms with Crippen molar-refractivity contribution in [2.45, 2.75) is 31.2 Å². The van der Waals surface area contributed by atoms with Crippen LogP contribution in [0, 0.1) is 0 Å². The Morgan fingerprint density at radius 3 is 2.67 bits per heavy atom. The van der Waals surface area contributed by atoms with Crippen molar-refractivity contribution in [3.63, 3.8) is 0 Å². The molecule has 0 aliphatic rings. The van der Waals surface area contributed by atoms with Crippen LogP contribution in [-0.2, 0) is 10.4 Å². The second-order valence-electron chi connectivity index (χ2n) is 6.80. The van der Waals surface area contributed by atoms with Crippen LogP contribution < -0.4 is 5.32 Å². The molecule has 0 radical (unpaired) electrons. The predicted molar refractivity (Wildman–Crippen MR) is 104 cm³/mol. The number of nitrogens with one attached hydrogen (secondary N) is 1. The average molecular weight is 435 g/mol. The first-order valence-electron chi connectivity index (χ1n) is 8.93. The third-order valence-electron chi connectivity index (χ3n) is 4.64. The highest BCUT2D eigenvalue weighted by molar-refractivity contribution is 7.18. The molecule has 3 heterocycles. The molecule has 0 bridgehead atoms. The fourth-order valence-corrected chi connectivity index (χ4v) is 4.16. The number of hydrogen-bond donors (Lipinski definition) is 2. The summed E-state index contributed by atoms with van der Waals surface area (Å²) in [6.45, 7) is 1.58. The molecule has 0 aliphatic heterocycles. The van der Waals surface area contributed by atoms with Gasteiger partial charge in [-0.3, -0.25) is 9.20 Å². The van der Waals surface area contributed by atoms with Crippen LogP contribution in [-0.4, -0.2) is 36.8 Å². The number of fused-ring (bicyclic) bond motifs is 2. The quantitative estimate of drug-likeness (QED) is 0.502. The number of halogens is 3. The van der Waals surface area contributed by atoms with E-state index in [0.717, 1.165) is 0 Å². The van der Waals surface area contributed by atoms with Crippen LogP contribution in [0.1, 0.15) is 30.2 Å². The van der Waals surface area contributed by atoms with Crippen LogP contribution >= 0.6 is 11.3 Å². The molecular formula is C19H16F3N5O2S. The van der Waals surface area contributed by atoms with Gasteiger partial charge in [0.05, 0.1) is 22.7 Å². The normalized spacial score (nSPS) is 15.2. The van der Waals surface area contributed by atoms with Crippen LogP contribution in [0.25, 0.3) is 15.9 Å². The molecule has 2 N–H and O–H groups in total. The van der Waals surface area contributed by atoms with E-state index in [1.54, 1.807) is 60.0 Å². The lowest BCUT2D eigenvalue weighted by Crippen LogP contribution is -2.46. The number of aliphatic hydroxyl groups is 1. The van der Waals surface area contributed by atoms with E-state index < -0.39 is 35.2 Å². The number of nitrogens with zero attached hydrogens (tertiary/aromatic N) is 4. The summed E-state index contributed by atoms with van der Waals surface area (Å²) < 4.78 is 43.5. The van der Waals surface area contributed by atoms with E-state index in [1.165, 1.54) is 0 Å². The molecule has 2 unspecified atom stereocenters. The largest absolute Gasteiger partial charge is 0.424 e. The third-order valence-corrected chi connectivity index (χ3v) is 5.83. The van der Waals surface area contributed by atoms with Gasteiger partial charge in [0.2, 0.25) is 11.5 Å². The highest BCUT2D eigenvalue weighted by Crippen LogP contribution is 2.44. The standard InChI is InChI=1S/C19H16F3N5O2S/c1-11(16-26-25-14-8-4-5-9-27(14)16)23-15(28)10-18(29,19(20,21)22)17-24-12-6-2-3-7-13(12)30-17/h2-9,11,29H,10H2,1H3,(H,23,28). The minimum absolute atomic E-state index is 0.323. The number of benzene rings is 1. The zero-order valence-corrected chi connectivity index (χ0v) is 16.4. The Morgan fingerprint density at radius 2 is 1.93 bits per heavy atom. The second kappa shape index (κ2) is 7.33. The van der Waals surface area contributed by atoms with Crippen molar-refractivity contribution in [1.82, 2.24) is 24.9 Å². The Labute approximate surface area is 172 Å². The monoisotopic (exact) mass is 435 g/mol. The SMILES string of the molecule is CC(NC(=O)CC(O)(c1nc2ccccc2s1)C(F)(F)F)c1nnc2ccccn12. The highest BCUT2D eigenvalue weighted by Gasteiger charge is 2.58. The van der Waals surface area contributed by atoms with Gasteiger partial charge in [0.15, 0.2) is 11.5 Å². The summed E-state index contributed by atoms with van der Waals surface area (Å²) in [4.78, 5) is 16.4. The molecule has 0 aliphatic carbocycles. The van der Waals surface area contributed by atoms with Crippen LogP contribution in [0.4, 0.5) is 13.2 Å². The van der Waals surface area contributed by atoms with Crippen molar-refractivity contribution in [1.29, 1.82) is 0 Å². The Morgan fingerprint density at radius 1 is 1.20 bits per heavy atom. The molecule has 30 heavy (non-hydrogen) atoms. The Kier molecular flexibility index (Phi) is 4.94. The average Bonchev–Trinajstić information content (AvgIpc) is 3.31. The fourth-order valence-electron chi connectivity index (χ4n) is 3.09. The number of hydrogen-bond acceptors (Lipinski definition) is 6. The number of thiazole rings is 1. The summed E-state index contributed by atoms with van der Waals surface area (Å²) in [6.07, 6.45) is -4.64. The number of para-hydroxylation sites is 1. The number of rotatable bonds is 5. The van der Waals surface area contributed by atoms with Crippen molar-refractivity contribution in [3.8, 4) is 0 Å². The lowest BCUT2D eigenvalue weighted by molar-refractivity contribution is -0.267. The first-order chi connectivity index (χ1) is 14.2. The van der Waals surface area contributed by atoms with Crippen molar-refractivity contribution in [2.24, 2.45) is 0 Å². The Bertz CT molecular complexity index is 1190. The van der Waals surface area contributed by atoms with E-state index >= 15 is 0 Å². The topological polar surface area (TPSA) is 92.4 Å². The number of amides is 1. The maximum atomic E-state index is 13.8. The molecule has 0 saturated carbocycles. The predicted octanol–water partition coefficient (Wildman–Crippen LogP) is 3.36. The van der Waals surface area contributed by atoms with Gasteiger partial charge in [-0.2, -0.15) is 13.2 Å². The minimum Gasteiger partial charge on any atom is -0.374 e. The summed E-state index contributed by atoms with van der Waals surface area (Å²) in [6, 6.07) is 10.9. The van der Waals surface area contributed by atoms with Gasteiger partial charge in [0.1, 0.15) is 5.01 Å². The lowest BCUT2D eigenvalue weighted by Gasteiger charge is -2.28. The second-order valence-corrected chi connectivity index (χ2v) is 7.83. The van der Waals surface area contributed by atoms with E-state index in [1.807, 2.05) is 0 Å². The van der Waals surface area contributed by atoms with Crippen LogP contribution in [0.5, 0.6) is 0 Å². The van der Waals surface area contributed by atoms with Gasteiger partial charge < -0.3 is 10.4 Å². The summed E-state index contributed by atoms with van der Waals surface area (Å²) >= 11 is 0.704. The van der Waals surface area contributed by atoms with Gasteiger partial charge in [0.25, 0.3) is 0 Å². The number of alkyl halides is 3. The molecule has 0 fully saturated rings. The number of carbonyl (C=O) groups is 1. The highest BCUT2D eigenvalue weighted by atomic mass is 32.1. The smallest absolute Gasteiger partial charge is 0.374 e. The maximum Gasteiger partial charge on any atom is 0.424 e. The fraction of sp³-hybridized carbons (Fsp3) is 0.263. The van der Waals surface area contributed by atoms with Gasteiger partial charge in [0, 0.05) is 6.20 Å². The molecule has 1 aromatic carbocycles. The molecule has 4 aromatic rings. The lowest BCUT2D eigenvalue weighted by atomic mass is 9.99. The van der Waals surface area contributed by atoms with Crippen molar-refractivity contribution in [2.75, 3.05) is 0 Å². The molecule has 0 spiro atoms. The molecule has 156 valence electrons. The zero-order valence-electron chi connectivity index (χ0n) is 15.6. The summed E-state index contributed by atoms with van der Waals surface area (Å²) in [5.74, 6) is -0.635. The third kappa shape index (κ3) is 3.50. The summed E-state index contributed by atoms with van der Waals surface area (Å²) in [5, 5.41) is 20.4. The summed E-state index contributed by atoms with van der Waals surface area (Å²) in [5.41, 5.74) is -2.55. The maximum absolute atomic E-state index is 13.8. The van der Waals surface area contributed by atoms with Gasteiger partial charge in [-0.1, -0.05) is 18.2 Å². The van der Waals surface area contributed by atoms with Crippen LogP contribution in [0.15, 0.2) is 48.7 Å². The first-order valence-corrected chi connectivity index (χ1v) is 9.75. The first kappa shape index (κ1) is 20.2. The molecular weight excluding hydrogens is 419 g/mol. The van der Waals surface area contributed by atoms with Crippen molar-refractivity contribution in [3.05, 3.63) is 59.5 Å². The Balaban J connectivity index is 1.59. The number of pyridine rings is 1. The van der Waals surface area contributed by atoms with Gasteiger partial charge >= 0.3 is 6.18 Å². The molecule has 11 heteroatoms. The minimum atomic E-state index is -5.09. The van der Waals surface area contributed by atoms with Crippen LogP contribution in [0.2, 0.25) is 0 Å². The van der Waals surface area contributed by atoms with E-state index in [9.17, 15) is 23.1 Å². The van der Waals surface area contributed by atoms with E-state index in [0.29, 0.717) is 33.0 Å². The molecule has 7 nitrogen and oxygen atoms in total. The van der Waals surface area contributed by atoms with E-state index in [-0.39, 0.29) is 0 Å². The molecule has 2 atom stereocenters. The molecule has 3 aromatic heterocycles. The summed E-state index contributed by atoms with van der Waals surface area (Å²) in [7, 11) is 0. The van der Waals surface area contributed by atoms with Gasteiger partial charge in [-0.05, 0) is 31.2 Å². The van der Waals surface area contributed by atoms with Gasteiger partial charge in [-0.25, -0.2) is 4.98 Å². The molecule has 0 saturated heterocycles. The Hall–Kier alpha value is -3.05. The van der Waals surface area contributed by atoms with E-state index in [2.05, 4.69) is 20.5 Å². The zero-order chi connectivity index (χ0) is 21.5. The van der Waals surface area contributed by atoms with Crippen LogP contribution in [0.3, 0.4) is 0 Å². The van der Waals surface area contributed by atoms with E-state index in [4.69, 9.17) is 0 Å². The van der Waals surface area contributed by atoms with Crippen molar-refractivity contribution < 1.29 is 23.1 Å². The van der Waals surface area contributed by atoms with Crippen molar-refractivity contribution >= 4 is 33.1 Å². The molecule has 1 amide bonds. The van der Waals surface area contributed by atoms with Gasteiger partial charge in [-0.15, -0.1) is 21.5 Å². The molecule has 4 rings (SSSR count).